The summed E-state index contributed by atoms with van der Waals surface area (Å²) in [5, 5.41) is 9.91. The number of carboxylic acids is 1. The molecule has 1 N–H and O–H groups in total. The summed E-state index contributed by atoms with van der Waals surface area (Å²) in [5.41, 5.74) is 1.26. The molecule has 1 heterocycles. The van der Waals surface area contributed by atoms with Crippen molar-refractivity contribution in [2.45, 2.75) is 0 Å². The van der Waals surface area contributed by atoms with Crippen LogP contribution in [-0.4, -0.2) is 18.1 Å². The lowest BCUT2D eigenvalue weighted by Gasteiger charge is -2.17. The van der Waals surface area contributed by atoms with Crippen molar-refractivity contribution in [2.24, 2.45) is 0 Å². The number of rotatable bonds is 3. The minimum Gasteiger partial charge on any atom is -0.478 e. The molecule has 0 fully saturated rings. The Bertz CT molecular complexity index is 536. The molecule has 0 bridgehead atoms. The molecule has 0 spiro atoms. The van der Waals surface area contributed by atoms with Gasteiger partial charge in [-0.05, 0) is 52.3 Å². The molecule has 0 radical (unpaired) electrons. The van der Waals surface area contributed by atoms with Gasteiger partial charge in [-0.1, -0.05) is 0 Å². The Balaban J connectivity index is 2.25. The first-order valence-corrected chi connectivity index (χ1v) is 6.51. The van der Waals surface area contributed by atoms with E-state index in [1.165, 1.54) is 0 Å². The van der Waals surface area contributed by atoms with Crippen LogP contribution in [0.5, 0.6) is 0 Å². The van der Waals surface area contributed by atoms with E-state index in [2.05, 4.69) is 15.9 Å². The van der Waals surface area contributed by atoms with Gasteiger partial charge in [-0.3, -0.25) is 0 Å². The van der Waals surface area contributed by atoms with Crippen LogP contribution in [0.2, 0.25) is 0 Å². The zero-order chi connectivity index (χ0) is 12.4. The van der Waals surface area contributed by atoms with Gasteiger partial charge in [0.2, 0.25) is 0 Å². The number of aromatic carboxylic acids is 1. The van der Waals surface area contributed by atoms with Crippen molar-refractivity contribution >= 4 is 43.9 Å². The van der Waals surface area contributed by atoms with Gasteiger partial charge < -0.3 is 10.0 Å². The van der Waals surface area contributed by atoms with E-state index in [1.807, 2.05) is 24.1 Å². The highest BCUT2D eigenvalue weighted by Gasteiger charge is 2.08. The largest absolute Gasteiger partial charge is 0.478 e. The van der Waals surface area contributed by atoms with Crippen LogP contribution >= 0.6 is 27.3 Å². The fraction of sp³-hybridized carbons (Fsp3) is 0.0833. The normalized spacial score (nSPS) is 10.2. The number of hydrogen-bond acceptors (Lipinski definition) is 3. The van der Waals surface area contributed by atoms with Crippen LogP contribution in [0.1, 0.15) is 10.4 Å². The van der Waals surface area contributed by atoms with Gasteiger partial charge in [0.05, 0.1) is 14.4 Å². The van der Waals surface area contributed by atoms with E-state index in [-0.39, 0.29) is 0 Å². The molecule has 0 aliphatic carbocycles. The van der Waals surface area contributed by atoms with Crippen molar-refractivity contribution in [3.05, 3.63) is 45.7 Å². The lowest BCUT2D eigenvalue weighted by molar-refractivity contribution is 0.0697. The fourth-order valence-corrected chi connectivity index (χ4v) is 2.78. The zero-order valence-corrected chi connectivity index (χ0v) is 11.5. The van der Waals surface area contributed by atoms with Crippen LogP contribution in [-0.2, 0) is 0 Å². The number of benzene rings is 1. The standard InChI is InChI=1S/C12H10BrNO2S/c1-14(11-7-6-10(13)17-11)9-4-2-8(3-5-9)12(15)16/h2-7H,1H3,(H,15,16). The number of carbonyl (C=O) groups is 1. The van der Waals surface area contributed by atoms with E-state index in [0.717, 1.165) is 14.5 Å². The van der Waals surface area contributed by atoms with Crippen LogP contribution in [0.15, 0.2) is 40.2 Å². The number of thiophene rings is 1. The smallest absolute Gasteiger partial charge is 0.335 e. The second kappa shape index (κ2) is 4.89. The topological polar surface area (TPSA) is 40.5 Å². The Hall–Kier alpha value is -1.33. The molecule has 17 heavy (non-hydrogen) atoms. The number of anilines is 2. The number of nitrogens with zero attached hydrogens (tertiary/aromatic N) is 1. The fourth-order valence-electron chi connectivity index (χ4n) is 1.44. The monoisotopic (exact) mass is 311 g/mol. The van der Waals surface area contributed by atoms with Crippen molar-refractivity contribution in [1.82, 2.24) is 0 Å². The number of halogens is 1. The van der Waals surface area contributed by atoms with Crippen LogP contribution < -0.4 is 4.90 Å². The van der Waals surface area contributed by atoms with Crippen molar-refractivity contribution in [3.63, 3.8) is 0 Å². The third-order valence-corrected chi connectivity index (χ3v) is 4.09. The van der Waals surface area contributed by atoms with E-state index in [0.29, 0.717) is 5.56 Å². The highest BCUT2D eigenvalue weighted by molar-refractivity contribution is 9.11. The Labute approximate surface area is 111 Å². The number of carboxylic acid groups (broad SMARTS) is 1. The van der Waals surface area contributed by atoms with Crippen LogP contribution in [0, 0.1) is 0 Å². The molecule has 0 aliphatic heterocycles. The molecular formula is C12H10BrNO2S. The van der Waals surface area contributed by atoms with Crippen LogP contribution in [0.25, 0.3) is 0 Å². The second-order valence-electron chi connectivity index (χ2n) is 3.49. The molecule has 0 unspecified atom stereocenters. The molecule has 5 heteroatoms. The summed E-state index contributed by atoms with van der Waals surface area (Å²) < 4.78 is 1.07. The maximum absolute atomic E-state index is 10.7. The second-order valence-corrected chi connectivity index (χ2v) is 5.93. The molecule has 0 aliphatic rings. The van der Waals surface area contributed by atoms with E-state index in [1.54, 1.807) is 35.6 Å². The number of hydrogen-bond donors (Lipinski definition) is 1. The Morgan fingerprint density at radius 1 is 1.24 bits per heavy atom. The van der Waals surface area contributed by atoms with Gasteiger partial charge in [-0.25, -0.2) is 4.79 Å². The van der Waals surface area contributed by atoms with E-state index in [9.17, 15) is 4.79 Å². The van der Waals surface area contributed by atoms with Gasteiger partial charge in [0.1, 0.15) is 0 Å². The summed E-state index contributed by atoms with van der Waals surface area (Å²) >= 11 is 5.05. The third kappa shape index (κ3) is 2.68. The summed E-state index contributed by atoms with van der Waals surface area (Å²) in [6, 6.07) is 10.8. The van der Waals surface area contributed by atoms with Crippen LogP contribution in [0.4, 0.5) is 10.7 Å². The van der Waals surface area contributed by atoms with Gasteiger partial charge in [-0.2, -0.15) is 0 Å². The molecule has 2 aromatic rings. The average molecular weight is 312 g/mol. The van der Waals surface area contributed by atoms with E-state index >= 15 is 0 Å². The first kappa shape index (κ1) is 12.1. The predicted molar refractivity (Wildman–Crippen MR) is 73.5 cm³/mol. The summed E-state index contributed by atoms with van der Waals surface area (Å²) in [6.45, 7) is 0. The summed E-state index contributed by atoms with van der Waals surface area (Å²) in [4.78, 5) is 12.8. The molecule has 1 aromatic heterocycles. The van der Waals surface area contributed by atoms with Gasteiger partial charge in [0.15, 0.2) is 0 Å². The van der Waals surface area contributed by atoms with Crippen molar-refractivity contribution in [3.8, 4) is 0 Å². The lowest BCUT2D eigenvalue weighted by Crippen LogP contribution is -2.07. The minimum absolute atomic E-state index is 0.300. The minimum atomic E-state index is -0.905. The molecule has 0 saturated carbocycles. The van der Waals surface area contributed by atoms with Crippen LogP contribution in [0.3, 0.4) is 0 Å². The molecule has 88 valence electrons. The van der Waals surface area contributed by atoms with Gasteiger partial charge in [0.25, 0.3) is 0 Å². The van der Waals surface area contributed by atoms with E-state index in [4.69, 9.17) is 5.11 Å². The molecule has 0 saturated heterocycles. The highest BCUT2D eigenvalue weighted by atomic mass is 79.9. The quantitative estimate of drug-likeness (QED) is 0.932. The Morgan fingerprint density at radius 3 is 2.35 bits per heavy atom. The maximum atomic E-state index is 10.7. The molecule has 0 amide bonds. The Kier molecular flexibility index (Phi) is 3.49. The molecule has 3 nitrogen and oxygen atoms in total. The van der Waals surface area contributed by atoms with Crippen molar-refractivity contribution in [2.75, 3.05) is 11.9 Å². The Morgan fingerprint density at radius 2 is 1.88 bits per heavy atom. The lowest BCUT2D eigenvalue weighted by atomic mass is 10.2. The molecule has 0 atom stereocenters. The SMILES string of the molecule is CN(c1ccc(C(=O)O)cc1)c1ccc(Br)s1. The van der Waals surface area contributed by atoms with Gasteiger partial charge in [-0.15, -0.1) is 11.3 Å². The molecular weight excluding hydrogens is 302 g/mol. The van der Waals surface area contributed by atoms with Crippen molar-refractivity contribution < 1.29 is 9.90 Å². The first-order valence-electron chi connectivity index (χ1n) is 4.90. The predicted octanol–water partition coefficient (Wildman–Crippen LogP) is 3.98. The summed E-state index contributed by atoms with van der Waals surface area (Å²) in [5.74, 6) is -0.905. The summed E-state index contributed by atoms with van der Waals surface area (Å²) in [6.07, 6.45) is 0. The third-order valence-electron chi connectivity index (χ3n) is 2.39. The zero-order valence-electron chi connectivity index (χ0n) is 9.05. The van der Waals surface area contributed by atoms with Gasteiger partial charge >= 0.3 is 5.97 Å². The maximum Gasteiger partial charge on any atom is 0.335 e. The highest BCUT2D eigenvalue weighted by Crippen LogP contribution is 2.33. The van der Waals surface area contributed by atoms with E-state index < -0.39 is 5.97 Å². The summed E-state index contributed by atoms with van der Waals surface area (Å²) in [7, 11) is 1.95. The molecule has 1 aromatic carbocycles. The van der Waals surface area contributed by atoms with Gasteiger partial charge in [0, 0.05) is 12.7 Å². The average Bonchev–Trinajstić information content (AvgIpc) is 2.75. The van der Waals surface area contributed by atoms with Crippen molar-refractivity contribution in [1.29, 1.82) is 0 Å². The first-order chi connectivity index (χ1) is 8.08. The molecule has 2 rings (SSSR count).